The van der Waals surface area contributed by atoms with E-state index in [0.717, 1.165) is 12.8 Å². The molecule has 0 radical (unpaired) electrons. The van der Waals surface area contributed by atoms with Gasteiger partial charge in [0.05, 0.1) is 26.3 Å². The normalized spacial score (nSPS) is 17.9. The Balaban J connectivity index is 1.84. The number of aromatic nitrogens is 1. The van der Waals surface area contributed by atoms with Gasteiger partial charge in [-0.3, -0.25) is 9.59 Å². The molecule has 0 spiro atoms. The fourth-order valence-electron chi connectivity index (χ4n) is 3.15. The van der Waals surface area contributed by atoms with Gasteiger partial charge in [0.2, 0.25) is 5.88 Å². The van der Waals surface area contributed by atoms with Crippen LogP contribution in [0.2, 0.25) is 0 Å². The lowest BCUT2D eigenvalue weighted by molar-refractivity contribution is -0.144. The van der Waals surface area contributed by atoms with Crippen LogP contribution in [0, 0.1) is 5.92 Å². The number of alkyl halides is 2. The van der Waals surface area contributed by atoms with E-state index in [-0.39, 0.29) is 24.7 Å². The number of anilines is 1. The molecule has 2 fully saturated rings. The predicted octanol–water partition coefficient (Wildman–Crippen LogP) is 3.13. The Labute approximate surface area is 175 Å². The average Bonchev–Trinajstić information content (AvgIpc) is 3.45. The summed E-state index contributed by atoms with van der Waals surface area (Å²) in [6, 6.07) is 3.07. The molecule has 3 rings (SSSR count). The summed E-state index contributed by atoms with van der Waals surface area (Å²) in [5.41, 5.74) is -0.111. The molecule has 30 heavy (non-hydrogen) atoms. The maximum absolute atomic E-state index is 13.4. The van der Waals surface area contributed by atoms with Gasteiger partial charge < -0.3 is 19.3 Å². The van der Waals surface area contributed by atoms with Crippen LogP contribution in [0.25, 0.3) is 0 Å². The Hall–Kier alpha value is -2.45. The molecular weight excluding hydrogens is 396 g/mol. The monoisotopic (exact) mass is 425 g/mol. The quantitative estimate of drug-likeness (QED) is 0.596. The van der Waals surface area contributed by atoms with Crippen molar-refractivity contribution in [2.24, 2.45) is 5.92 Å². The van der Waals surface area contributed by atoms with Gasteiger partial charge in [-0.05, 0) is 58.6 Å². The average molecular weight is 425 g/mol. The minimum Gasteiger partial charge on any atom is -0.476 e. The summed E-state index contributed by atoms with van der Waals surface area (Å²) < 4.78 is 37.5. The van der Waals surface area contributed by atoms with Crippen LogP contribution in [0.4, 0.5) is 14.5 Å². The molecule has 1 aliphatic carbocycles. The van der Waals surface area contributed by atoms with Crippen LogP contribution in [0.3, 0.4) is 0 Å². The number of nitrogens with zero attached hydrogens (tertiary/aromatic N) is 3. The van der Waals surface area contributed by atoms with Crippen molar-refractivity contribution in [1.82, 2.24) is 9.88 Å². The maximum Gasteiger partial charge on any atom is 0.325 e. The van der Waals surface area contributed by atoms with Crippen molar-refractivity contribution in [3.63, 3.8) is 0 Å². The fraction of sp³-hybridized carbons (Fsp3) is 0.667. The van der Waals surface area contributed by atoms with Crippen molar-refractivity contribution in [2.45, 2.75) is 52.0 Å². The van der Waals surface area contributed by atoms with Gasteiger partial charge in [0.15, 0.2) is 0 Å². The molecule has 0 N–H and O–H groups in total. The van der Waals surface area contributed by atoms with Crippen molar-refractivity contribution in [2.75, 3.05) is 37.7 Å². The molecule has 0 unspecified atom stereocenters. The number of pyridine rings is 1. The molecule has 1 aliphatic heterocycles. The number of rotatable bonds is 8. The number of amides is 1. The van der Waals surface area contributed by atoms with Crippen LogP contribution in [-0.4, -0.2) is 66.1 Å². The van der Waals surface area contributed by atoms with Gasteiger partial charge in [0.25, 0.3) is 11.8 Å². The summed E-state index contributed by atoms with van der Waals surface area (Å²) in [7, 11) is 0. The third-order valence-corrected chi connectivity index (χ3v) is 5.04. The van der Waals surface area contributed by atoms with Gasteiger partial charge in [-0.25, -0.2) is 13.8 Å². The first-order chi connectivity index (χ1) is 14.0. The van der Waals surface area contributed by atoms with Gasteiger partial charge in [-0.2, -0.15) is 0 Å². The van der Waals surface area contributed by atoms with Crippen molar-refractivity contribution >= 4 is 17.6 Å². The number of esters is 1. The number of ether oxygens (including phenoxy) is 2. The van der Waals surface area contributed by atoms with Gasteiger partial charge in [0.1, 0.15) is 17.9 Å². The van der Waals surface area contributed by atoms with E-state index < -0.39 is 36.4 Å². The molecule has 9 heteroatoms. The van der Waals surface area contributed by atoms with Crippen LogP contribution in [0.15, 0.2) is 12.1 Å². The Morgan fingerprint density at radius 3 is 2.47 bits per heavy atom. The van der Waals surface area contributed by atoms with Crippen LogP contribution in [-0.2, 0) is 9.53 Å². The Morgan fingerprint density at radius 1 is 1.27 bits per heavy atom. The first-order valence-electron chi connectivity index (χ1n) is 10.2. The predicted molar refractivity (Wildman–Crippen MR) is 107 cm³/mol. The highest BCUT2D eigenvalue weighted by Gasteiger charge is 2.45. The first kappa shape index (κ1) is 22.2. The fourth-order valence-corrected chi connectivity index (χ4v) is 3.15. The second-order valence-electron chi connectivity index (χ2n) is 8.85. The van der Waals surface area contributed by atoms with E-state index in [1.807, 2.05) is 20.8 Å². The second-order valence-corrected chi connectivity index (χ2v) is 8.85. The van der Waals surface area contributed by atoms with E-state index >= 15 is 0 Å². The highest BCUT2D eigenvalue weighted by atomic mass is 19.3. The maximum atomic E-state index is 13.4. The number of hydrogen-bond acceptors (Lipinski definition) is 6. The Kier molecular flexibility index (Phi) is 6.19. The van der Waals surface area contributed by atoms with Crippen molar-refractivity contribution in [3.05, 3.63) is 17.8 Å². The number of carbonyl (C=O) groups is 2. The van der Waals surface area contributed by atoms with Crippen molar-refractivity contribution < 1.29 is 27.8 Å². The molecule has 2 aliphatic rings. The standard InChI is InChI=1S/C21H29F2N3O4/c1-5-29-17(27)10-26(20(2,3)4)19(28)15-8-9-16(25-12-21(22,23)13-25)18(24-15)30-11-14-6-7-14/h8-9,14H,5-7,10-13H2,1-4H3. The Morgan fingerprint density at radius 2 is 1.93 bits per heavy atom. The van der Waals surface area contributed by atoms with Crippen LogP contribution in [0.1, 0.15) is 51.0 Å². The third-order valence-electron chi connectivity index (χ3n) is 5.04. The minimum atomic E-state index is -2.73. The molecule has 1 saturated carbocycles. The van der Waals surface area contributed by atoms with Crippen LogP contribution in [0.5, 0.6) is 5.88 Å². The largest absolute Gasteiger partial charge is 0.476 e. The molecule has 0 bridgehead atoms. The SMILES string of the molecule is CCOC(=O)CN(C(=O)c1ccc(N2CC(F)(F)C2)c(OCC2CC2)n1)C(C)(C)C. The second kappa shape index (κ2) is 8.35. The highest BCUT2D eigenvalue weighted by Crippen LogP contribution is 2.38. The van der Waals surface area contributed by atoms with Crippen LogP contribution < -0.4 is 9.64 Å². The third kappa shape index (κ3) is 5.37. The van der Waals surface area contributed by atoms with Crippen molar-refractivity contribution in [3.8, 4) is 5.88 Å². The van der Waals surface area contributed by atoms with E-state index in [0.29, 0.717) is 18.2 Å². The molecule has 1 aromatic heterocycles. The molecular formula is C21H29F2N3O4. The zero-order valence-corrected chi connectivity index (χ0v) is 17.9. The number of halogens is 2. The molecule has 0 aromatic carbocycles. The summed E-state index contributed by atoms with van der Waals surface area (Å²) in [6.07, 6.45) is 2.13. The van der Waals surface area contributed by atoms with E-state index in [9.17, 15) is 18.4 Å². The van der Waals surface area contributed by atoms with E-state index in [1.165, 1.54) is 15.9 Å². The lowest BCUT2D eigenvalue weighted by atomic mass is 10.0. The van der Waals surface area contributed by atoms with Gasteiger partial charge in [0, 0.05) is 5.54 Å². The van der Waals surface area contributed by atoms with E-state index in [4.69, 9.17) is 9.47 Å². The minimum absolute atomic E-state index is 0.0936. The summed E-state index contributed by atoms with van der Waals surface area (Å²) >= 11 is 0. The topological polar surface area (TPSA) is 72.0 Å². The number of hydrogen-bond donors (Lipinski definition) is 0. The molecule has 7 nitrogen and oxygen atoms in total. The highest BCUT2D eigenvalue weighted by molar-refractivity contribution is 5.95. The summed E-state index contributed by atoms with van der Waals surface area (Å²) in [5, 5.41) is 0. The van der Waals surface area contributed by atoms with Crippen LogP contribution >= 0.6 is 0 Å². The lowest BCUT2D eigenvalue weighted by Gasteiger charge is -2.40. The first-order valence-corrected chi connectivity index (χ1v) is 10.2. The Bertz CT molecular complexity index is 798. The van der Waals surface area contributed by atoms with Gasteiger partial charge in [-0.15, -0.1) is 0 Å². The molecule has 2 heterocycles. The van der Waals surface area contributed by atoms with E-state index in [2.05, 4.69) is 4.98 Å². The summed E-state index contributed by atoms with van der Waals surface area (Å²) in [6.45, 7) is 6.77. The smallest absolute Gasteiger partial charge is 0.325 e. The number of carbonyl (C=O) groups excluding carboxylic acids is 2. The van der Waals surface area contributed by atoms with Gasteiger partial charge >= 0.3 is 5.97 Å². The zero-order valence-electron chi connectivity index (χ0n) is 17.9. The molecule has 1 aromatic rings. The van der Waals surface area contributed by atoms with Gasteiger partial charge in [-0.1, -0.05) is 0 Å². The summed E-state index contributed by atoms with van der Waals surface area (Å²) in [5.74, 6) is -3.08. The summed E-state index contributed by atoms with van der Waals surface area (Å²) in [4.78, 5) is 32.4. The van der Waals surface area contributed by atoms with Crippen molar-refractivity contribution in [1.29, 1.82) is 0 Å². The van der Waals surface area contributed by atoms with E-state index in [1.54, 1.807) is 13.0 Å². The molecule has 0 atom stereocenters. The molecule has 1 amide bonds. The zero-order chi connectivity index (χ0) is 22.1. The lowest BCUT2D eigenvalue weighted by Crippen LogP contribution is -2.56. The molecule has 166 valence electrons. The molecule has 1 saturated heterocycles.